The maximum absolute atomic E-state index is 12.5. The highest BCUT2D eigenvalue weighted by molar-refractivity contribution is 5.98. The van der Waals surface area contributed by atoms with Gasteiger partial charge < -0.3 is 15.4 Å². The van der Waals surface area contributed by atoms with Gasteiger partial charge in [0.2, 0.25) is 11.8 Å². The summed E-state index contributed by atoms with van der Waals surface area (Å²) in [4.78, 5) is 24.7. The highest BCUT2D eigenvalue weighted by atomic mass is 16.5. The van der Waals surface area contributed by atoms with Crippen molar-refractivity contribution in [3.63, 3.8) is 0 Å². The topological polar surface area (TPSA) is 67.4 Å². The van der Waals surface area contributed by atoms with Crippen molar-refractivity contribution in [1.29, 1.82) is 0 Å². The molecule has 3 rings (SSSR count). The molecule has 0 radical (unpaired) electrons. The van der Waals surface area contributed by atoms with Crippen LogP contribution in [0.15, 0.2) is 24.3 Å². The van der Waals surface area contributed by atoms with E-state index in [-0.39, 0.29) is 23.8 Å². The Morgan fingerprint density at radius 2 is 1.68 bits per heavy atom. The van der Waals surface area contributed by atoms with Crippen molar-refractivity contribution in [2.75, 3.05) is 5.32 Å². The Balaban J connectivity index is 1.57. The molecule has 5 nitrogen and oxygen atoms in total. The van der Waals surface area contributed by atoms with Gasteiger partial charge in [0.05, 0.1) is 11.8 Å². The van der Waals surface area contributed by atoms with E-state index in [2.05, 4.69) is 10.6 Å². The lowest BCUT2D eigenvalue weighted by Crippen LogP contribution is -2.43. The molecule has 2 aliphatic rings. The fourth-order valence-electron chi connectivity index (χ4n) is 3.68. The summed E-state index contributed by atoms with van der Waals surface area (Å²) in [6, 6.07) is 6.95. The zero-order valence-electron chi connectivity index (χ0n) is 14.9. The molecule has 0 heterocycles. The van der Waals surface area contributed by atoms with Gasteiger partial charge in [-0.1, -0.05) is 25.0 Å². The van der Waals surface area contributed by atoms with Gasteiger partial charge in [-0.15, -0.1) is 0 Å². The van der Waals surface area contributed by atoms with Gasteiger partial charge in [0.1, 0.15) is 11.8 Å². The Hall–Kier alpha value is -2.04. The Labute approximate surface area is 149 Å². The predicted octanol–water partition coefficient (Wildman–Crippen LogP) is 3.64. The van der Waals surface area contributed by atoms with Crippen LogP contribution >= 0.6 is 0 Å². The first-order valence-electron chi connectivity index (χ1n) is 9.50. The summed E-state index contributed by atoms with van der Waals surface area (Å²) in [6.45, 7) is 1.72. The maximum atomic E-state index is 12.5. The molecule has 1 atom stereocenters. The highest BCUT2D eigenvalue weighted by Gasteiger charge is 2.26. The average molecular weight is 344 g/mol. The number of nitrogens with one attached hydrogen (secondary N) is 2. The lowest BCUT2D eigenvalue weighted by Gasteiger charge is -2.19. The van der Waals surface area contributed by atoms with Crippen LogP contribution in [-0.4, -0.2) is 24.0 Å². The van der Waals surface area contributed by atoms with E-state index in [1.807, 2.05) is 24.3 Å². The van der Waals surface area contributed by atoms with Gasteiger partial charge in [-0.3, -0.25) is 9.59 Å². The summed E-state index contributed by atoms with van der Waals surface area (Å²) in [7, 11) is 0. The molecule has 1 aromatic rings. The van der Waals surface area contributed by atoms with Gasteiger partial charge in [-0.25, -0.2) is 0 Å². The molecule has 2 N–H and O–H groups in total. The molecule has 2 fully saturated rings. The fraction of sp³-hybridized carbons (Fsp3) is 0.600. The fourth-order valence-corrected chi connectivity index (χ4v) is 3.68. The van der Waals surface area contributed by atoms with Gasteiger partial charge in [0.25, 0.3) is 0 Å². The summed E-state index contributed by atoms with van der Waals surface area (Å²) in [6.07, 6.45) is 8.82. The first-order chi connectivity index (χ1) is 12.1. The van der Waals surface area contributed by atoms with Crippen LogP contribution in [0.4, 0.5) is 5.69 Å². The minimum atomic E-state index is -0.562. The van der Waals surface area contributed by atoms with E-state index in [1.165, 1.54) is 12.8 Å². The van der Waals surface area contributed by atoms with Crippen molar-refractivity contribution >= 4 is 17.5 Å². The van der Waals surface area contributed by atoms with Crippen molar-refractivity contribution in [1.82, 2.24) is 5.32 Å². The highest BCUT2D eigenvalue weighted by Crippen LogP contribution is 2.30. The van der Waals surface area contributed by atoms with Crippen molar-refractivity contribution in [3.8, 4) is 5.75 Å². The Morgan fingerprint density at radius 3 is 2.40 bits per heavy atom. The summed E-state index contributed by atoms with van der Waals surface area (Å²) in [5.74, 6) is 0.551. The lowest BCUT2D eigenvalue weighted by molar-refractivity contribution is -0.128. The number of ether oxygens (including phenoxy) is 1. The van der Waals surface area contributed by atoms with Crippen LogP contribution in [0.3, 0.4) is 0 Å². The summed E-state index contributed by atoms with van der Waals surface area (Å²) in [5.41, 5.74) is 0.668. The van der Waals surface area contributed by atoms with Crippen LogP contribution in [0.25, 0.3) is 0 Å². The van der Waals surface area contributed by atoms with Crippen LogP contribution in [0, 0.1) is 5.92 Å². The zero-order valence-corrected chi connectivity index (χ0v) is 14.9. The van der Waals surface area contributed by atoms with Crippen LogP contribution in [0.5, 0.6) is 5.75 Å². The second kappa shape index (κ2) is 8.37. The molecule has 136 valence electrons. The van der Waals surface area contributed by atoms with Crippen LogP contribution < -0.4 is 15.4 Å². The van der Waals surface area contributed by atoms with E-state index in [0.29, 0.717) is 11.4 Å². The number of hydrogen-bond acceptors (Lipinski definition) is 3. The first kappa shape index (κ1) is 17.8. The van der Waals surface area contributed by atoms with Gasteiger partial charge in [0, 0.05) is 5.92 Å². The van der Waals surface area contributed by atoms with Gasteiger partial charge in [0.15, 0.2) is 0 Å². The number of benzene rings is 1. The van der Waals surface area contributed by atoms with E-state index in [4.69, 9.17) is 4.74 Å². The third-order valence-electron chi connectivity index (χ3n) is 5.22. The number of carbonyl (C=O) groups is 2. The van der Waals surface area contributed by atoms with E-state index >= 15 is 0 Å². The Bertz CT molecular complexity index is 605. The van der Waals surface area contributed by atoms with Gasteiger partial charge >= 0.3 is 0 Å². The SMILES string of the molecule is C[C@@H](NC(=O)C1CCCC1)C(=O)Nc1ccccc1OC1CCCC1. The smallest absolute Gasteiger partial charge is 0.246 e. The molecule has 0 aromatic heterocycles. The summed E-state index contributed by atoms with van der Waals surface area (Å²) in [5, 5.41) is 5.74. The second-order valence-corrected chi connectivity index (χ2v) is 7.22. The maximum Gasteiger partial charge on any atom is 0.246 e. The first-order valence-corrected chi connectivity index (χ1v) is 9.50. The number of carbonyl (C=O) groups excluding carboxylic acids is 2. The number of anilines is 1. The number of para-hydroxylation sites is 2. The Kier molecular flexibility index (Phi) is 5.95. The number of rotatable bonds is 6. The Morgan fingerprint density at radius 1 is 1.04 bits per heavy atom. The van der Waals surface area contributed by atoms with E-state index < -0.39 is 6.04 Å². The third kappa shape index (κ3) is 4.74. The molecular formula is C20H28N2O3. The summed E-state index contributed by atoms with van der Waals surface area (Å²) >= 11 is 0. The molecule has 2 saturated carbocycles. The molecule has 0 bridgehead atoms. The number of hydrogen-bond donors (Lipinski definition) is 2. The van der Waals surface area contributed by atoms with Crippen molar-refractivity contribution in [2.45, 2.75) is 70.4 Å². The molecule has 2 aliphatic carbocycles. The van der Waals surface area contributed by atoms with Gasteiger partial charge in [-0.2, -0.15) is 0 Å². The van der Waals surface area contributed by atoms with E-state index in [9.17, 15) is 9.59 Å². The average Bonchev–Trinajstić information content (AvgIpc) is 3.30. The van der Waals surface area contributed by atoms with Crippen molar-refractivity contribution in [2.24, 2.45) is 5.92 Å². The van der Waals surface area contributed by atoms with Gasteiger partial charge in [-0.05, 0) is 57.6 Å². The second-order valence-electron chi connectivity index (χ2n) is 7.22. The standard InChI is InChI=1S/C20H28N2O3/c1-14(21-20(24)15-8-2-3-9-15)19(23)22-17-12-6-7-13-18(17)25-16-10-4-5-11-16/h6-7,12-16H,2-5,8-11H2,1H3,(H,21,24)(H,22,23)/t14-/m1/s1. The molecule has 1 aromatic carbocycles. The molecule has 25 heavy (non-hydrogen) atoms. The third-order valence-corrected chi connectivity index (χ3v) is 5.22. The monoisotopic (exact) mass is 344 g/mol. The molecule has 0 spiro atoms. The minimum absolute atomic E-state index is 0.00404. The predicted molar refractivity (Wildman–Crippen MR) is 97.5 cm³/mol. The molecule has 2 amide bonds. The van der Waals surface area contributed by atoms with Crippen LogP contribution in [0.2, 0.25) is 0 Å². The summed E-state index contributed by atoms with van der Waals surface area (Å²) < 4.78 is 6.05. The van der Waals surface area contributed by atoms with E-state index in [0.717, 1.165) is 38.5 Å². The quantitative estimate of drug-likeness (QED) is 0.828. The molecule has 0 aliphatic heterocycles. The van der Waals surface area contributed by atoms with Crippen molar-refractivity contribution < 1.29 is 14.3 Å². The molecule has 0 saturated heterocycles. The lowest BCUT2D eigenvalue weighted by atomic mass is 10.1. The molecular weight excluding hydrogens is 316 g/mol. The molecule has 0 unspecified atom stereocenters. The molecule has 5 heteroatoms. The minimum Gasteiger partial charge on any atom is -0.488 e. The van der Waals surface area contributed by atoms with Crippen LogP contribution in [0.1, 0.15) is 58.3 Å². The van der Waals surface area contributed by atoms with Crippen molar-refractivity contribution in [3.05, 3.63) is 24.3 Å². The zero-order chi connectivity index (χ0) is 17.6. The normalized spacial score (nSPS) is 19.6. The van der Waals surface area contributed by atoms with Crippen LogP contribution in [-0.2, 0) is 9.59 Å². The van der Waals surface area contributed by atoms with E-state index in [1.54, 1.807) is 6.92 Å². The number of amides is 2. The largest absolute Gasteiger partial charge is 0.488 e.